The molecule has 2 atom stereocenters. The SMILES string of the molecule is CCNC(=NCCOc1cccnc1)NC1CCCC(C(=O)NC(C)C)C1.I. The highest BCUT2D eigenvalue weighted by molar-refractivity contribution is 14.0. The molecule has 0 bridgehead atoms. The molecule has 1 heterocycles. The van der Waals surface area contributed by atoms with E-state index in [1.165, 1.54) is 0 Å². The number of hydrogen-bond donors (Lipinski definition) is 3. The molecule has 0 aliphatic heterocycles. The van der Waals surface area contributed by atoms with Crippen molar-refractivity contribution in [2.45, 2.75) is 58.5 Å². The molecule has 1 aromatic rings. The van der Waals surface area contributed by atoms with E-state index in [1.807, 2.05) is 32.9 Å². The zero-order valence-corrected chi connectivity index (χ0v) is 19.4. The third-order valence-corrected chi connectivity index (χ3v) is 4.43. The molecule has 0 saturated heterocycles. The molecule has 1 aromatic heterocycles. The van der Waals surface area contributed by atoms with Gasteiger partial charge < -0.3 is 20.7 Å². The van der Waals surface area contributed by atoms with E-state index < -0.39 is 0 Å². The van der Waals surface area contributed by atoms with E-state index in [4.69, 9.17) is 4.74 Å². The summed E-state index contributed by atoms with van der Waals surface area (Å²) in [5.74, 6) is 1.78. The van der Waals surface area contributed by atoms with Gasteiger partial charge in [-0.1, -0.05) is 6.42 Å². The number of carbonyl (C=O) groups excluding carboxylic acids is 1. The Labute approximate surface area is 185 Å². The number of rotatable bonds is 8. The molecule has 2 rings (SSSR count). The maximum atomic E-state index is 12.3. The van der Waals surface area contributed by atoms with Crippen LogP contribution in [-0.4, -0.2) is 48.6 Å². The fourth-order valence-electron chi connectivity index (χ4n) is 3.23. The third-order valence-electron chi connectivity index (χ3n) is 4.43. The Bertz CT molecular complexity index is 598. The van der Waals surface area contributed by atoms with Gasteiger partial charge in [-0.2, -0.15) is 0 Å². The Balaban J connectivity index is 0.00000392. The predicted molar refractivity (Wildman–Crippen MR) is 123 cm³/mol. The summed E-state index contributed by atoms with van der Waals surface area (Å²) in [6.45, 7) is 7.88. The number of carbonyl (C=O) groups is 1. The maximum absolute atomic E-state index is 12.3. The number of aromatic nitrogens is 1. The van der Waals surface area contributed by atoms with Gasteiger partial charge in [0.2, 0.25) is 5.91 Å². The Hall–Kier alpha value is -1.58. The smallest absolute Gasteiger partial charge is 0.223 e. The summed E-state index contributed by atoms with van der Waals surface area (Å²) in [5, 5.41) is 9.79. The van der Waals surface area contributed by atoms with Crippen LogP contribution in [0.5, 0.6) is 5.75 Å². The lowest BCUT2D eigenvalue weighted by atomic mass is 9.85. The van der Waals surface area contributed by atoms with E-state index in [0.29, 0.717) is 13.2 Å². The van der Waals surface area contributed by atoms with Gasteiger partial charge in [-0.15, -0.1) is 24.0 Å². The Morgan fingerprint density at radius 2 is 2.21 bits per heavy atom. The first-order valence-corrected chi connectivity index (χ1v) is 9.96. The number of aliphatic imine (C=N–C) groups is 1. The van der Waals surface area contributed by atoms with Gasteiger partial charge in [-0.25, -0.2) is 4.99 Å². The van der Waals surface area contributed by atoms with Crippen molar-refractivity contribution in [2.24, 2.45) is 10.9 Å². The van der Waals surface area contributed by atoms with E-state index in [1.54, 1.807) is 12.4 Å². The number of guanidine groups is 1. The lowest BCUT2D eigenvalue weighted by molar-refractivity contribution is -0.126. The van der Waals surface area contributed by atoms with Crippen molar-refractivity contribution >= 4 is 35.8 Å². The minimum atomic E-state index is 0. The van der Waals surface area contributed by atoms with E-state index in [9.17, 15) is 4.79 Å². The highest BCUT2D eigenvalue weighted by atomic mass is 127. The first kappa shape index (κ1) is 24.5. The Kier molecular flexibility index (Phi) is 11.9. The van der Waals surface area contributed by atoms with Gasteiger partial charge in [0, 0.05) is 30.7 Å². The summed E-state index contributed by atoms with van der Waals surface area (Å²) in [5.41, 5.74) is 0. The molecule has 0 spiro atoms. The number of pyridine rings is 1. The van der Waals surface area contributed by atoms with Crippen molar-refractivity contribution in [3.8, 4) is 5.75 Å². The quantitative estimate of drug-likeness (QED) is 0.220. The molecule has 1 saturated carbocycles. The summed E-state index contributed by atoms with van der Waals surface area (Å²) in [4.78, 5) is 20.9. The molecule has 1 fully saturated rings. The molecule has 1 aliphatic rings. The molecule has 8 heteroatoms. The predicted octanol–water partition coefficient (Wildman–Crippen LogP) is 2.72. The van der Waals surface area contributed by atoms with Gasteiger partial charge >= 0.3 is 0 Å². The number of ether oxygens (including phenoxy) is 1. The van der Waals surface area contributed by atoms with Gasteiger partial charge in [0.25, 0.3) is 0 Å². The molecule has 158 valence electrons. The van der Waals surface area contributed by atoms with Crippen LogP contribution in [0.15, 0.2) is 29.5 Å². The fraction of sp³-hybridized carbons (Fsp3) is 0.650. The molecule has 7 nitrogen and oxygen atoms in total. The number of nitrogens with one attached hydrogen (secondary N) is 3. The standard InChI is InChI=1S/C20H33N5O2.HI/c1-4-22-20(23-11-12-27-18-9-6-10-21-14-18)25-17-8-5-7-16(13-17)19(26)24-15(2)3;/h6,9-10,14-17H,4-5,7-8,11-13H2,1-3H3,(H,24,26)(H2,22,23,25);1H. The first-order chi connectivity index (χ1) is 13.1. The van der Waals surface area contributed by atoms with Gasteiger partial charge in [-0.3, -0.25) is 9.78 Å². The average Bonchev–Trinajstić information content (AvgIpc) is 2.66. The van der Waals surface area contributed by atoms with Crippen molar-refractivity contribution in [2.75, 3.05) is 19.7 Å². The van der Waals surface area contributed by atoms with Crippen LogP contribution in [-0.2, 0) is 4.79 Å². The van der Waals surface area contributed by atoms with Crippen molar-refractivity contribution < 1.29 is 9.53 Å². The number of hydrogen-bond acceptors (Lipinski definition) is 4. The second kappa shape index (κ2) is 13.6. The summed E-state index contributed by atoms with van der Waals surface area (Å²) in [6, 6.07) is 4.17. The maximum Gasteiger partial charge on any atom is 0.223 e. The van der Waals surface area contributed by atoms with Crippen molar-refractivity contribution in [1.29, 1.82) is 0 Å². The van der Waals surface area contributed by atoms with Crippen molar-refractivity contribution in [3.05, 3.63) is 24.5 Å². The van der Waals surface area contributed by atoms with Crippen LogP contribution in [0.1, 0.15) is 46.5 Å². The third kappa shape index (κ3) is 9.07. The summed E-state index contributed by atoms with van der Waals surface area (Å²) < 4.78 is 5.63. The van der Waals surface area contributed by atoms with Crippen LogP contribution in [0.3, 0.4) is 0 Å². The van der Waals surface area contributed by atoms with Crippen LogP contribution in [0.25, 0.3) is 0 Å². The molecule has 1 amide bonds. The molecular formula is C20H34IN5O2. The van der Waals surface area contributed by atoms with E-state index in [-0.39, 0.29) is 47.9 Å². The first-order valence-electron chi connectivity index (χ1n) is 9.96. The highest BCUT2D eigenvalue weighted by Gasteiger charge is 2.27. The van der Waals surface area contributed by atoms with Gasteiger partial charge in [0.1, 0.15) is 12.4 Å². The minimum absolute atomic E-state index is 0. The van der Waals surface area contributed by atoms with Crippen molar-refractivity contribution in [3.63, 3.8) is 0 Å². The average molecular weight is 503 g/mol. The molecular weight excluding hydrogens is 469 g/mol. The van der Waals surface area contributed by atoms with E-state index >= 15 is 0 Å². The van der Waals surface area contributed by atoms with Crippen LogP contribution in [0.4, 0.5) is 0 Å². The monoisotopic (exact) mass is 503 g/mol. The molecule has 0 aromatic carbocycles. The minimum Gasteiger partial charge on any atom is -0.490 e. The lowest BCUT2D eigenvalue weighted by Gasteiger charge is -2.30. The lowest BCUT2D eigenvalue weighted by Crippen LogP contribution is -2.47. The molecule has 0 radical (unpaired) electrons. The molecule has 28 heavy (non-hydrogen) atoms. The van der Waals surface area contributed by atoms with Crippen LogP contribution >= 0.6 is 24.0 Å². The second-order valence-electron chi connectivity index (χ2n) is 7.17. The van der Waals surface area contributed by atoms with Gasteiger partial charge in [-0.05, 0) is 52.2 Å². The molecule has 1 aliphatic carbocycles. The van der Waals surface area contributed by atoms with Crippen molar-refractivity contribution in [1.82, 2.24) is 20.9 Å². The highest BCUT2D eigenvalue weighted by Crippen LogP contribution is 2.24. The van der Waals surface area contributed by atoms with E-state index in [0.717, 1.165) is 43.9 Å². The number of amides is 1. The van der Waals surface area contributed by atoms with Crippen LogP contribution in [0.2, 0.25) is 0 Å². The topological polar surface area (TPSA) is 87.6 Å². The Morgan fingerprint density at radius 1 is 1.39 bits per heavy atom. The zero-order chi connectivity index (χ0) is 19.5. The number of nitrogens with zero attached hydrogens (tertiary/aromatic N) is 2. The largest absolute Gasteiger partial charge is 0.490 e. The van der Waals surface area contributed by atoms with Crippen LogP contribution in [0, 0.1) is 5.92 Å². The summed E-state index contributed by atoms with van der Waals surface area (Å²) >= 11 is 0. The Morgan fingerprint density at radius 3 is 2.89 bits per heavy atom. The van der Waals surface area contributed by atoms with Gasteiger partial charge in [0.15, 0.2) is 5.96 Å². The molecule has 2 unspecified atom stereocenters. The second-order valence-corrected chi connectivity index (χ2v) is 7.17. The van der Waals surface area contributed by atoms with E-state index in [2.05, 4.69) is 25.9 Å². The normalized spacial score (nSPS) is 19.5. The van der Waals surface area contributed by atoms with Crippen LogP contribution < -0.4 is 20.7 Å². The molecule has 3 N–H and O–H groups in total. The van der Waals surface area contributed by atoms with Gasteiger partial charge in [0.05, 0.1) is 12.7 Å². The number of halogens is 1. The summed E-state index contributed by atoms with van der Waals surface area (Å²) in [7, 11) is 0. The zero-order valence-electron chi connectivity index (χ0n) is 17.1. The summed E-state index contributed by atoms with van der Waals surface area (Å²) in [6.07, 6.45) is 7.33. The fourth-order valence-corrected chi connectivity index (χ4v) is 3.23.